The van der Waals surface area contributed by atoms with Crippen LogP contribution in [0.5, 0.6) is 0 Å². The number of pyridine rings is 1. The van der Waals surface area contributed by atoms with Crippen LogP contribution in [0, 0.1) is 4.64 Å². The molecule has 70 valence electrons. The normalized spacial score (nSPS) is 9.69. The summed E-state index contributed by atoms with van der Waals surface area (Å²) in [7, 11) is 0. The SMILES string of the molecule is CCN(N)C(=O)c1ccc[nH]c1=S. The van der Waals surface area contributed by atoms with Crippen molar-refractivity contribution in [2.24, 2.45) is 5.84 Å². The Balaban J connectivity index is 3.02. The van der Waals surface area contributed by atoms with Crippen molar-refractivity contribution in [3.8, 4) is 0 Å². The molecule has 0 saturated carbocycles. The third kappa shape index (κ3) is 2.13. The summed E-state index contributed by atoms with van der Waals surface area (Å²) in [6, 6.07) is 3.36. The van der Waals surface area contributed by atoms with Gasteiger partial charge in [0.15, 0.2) is 0 Å². The van der Waals surface area contributed by atoms with Gasteiger partial charge in [0.05, 0.1) is 5.56 Å². The van der Waals surface area contributed by atoms with E-state index >= 15 is 0 Å². The minimum Gasteiger partial charge on any atom is -0.352 e. The topological polar surface area (TPSA) is 62.1 Å². The van der Waals surface area contributed by atoms with Gasteiger partial charge in [0.1, 0.15) is 4.64 Å². The van der Waals surface area contributed by atoms with Gasteiger partial charge in [-0.2, -0.15) is 0 Å². The highest BCUT2D eigenvalue weighted by Gasteiger charge is 2.11. The molecule has 0 aromatic carbocycles. The van der Waals surface area contributed by atoms with Crippen LogP contribution in [0.15, 0.2) is 18.3 Å². The minimum absolute atomic E-state index is 0.260. The lowest BCUT2D eigenvalue weighted by Crippen LogP contribution is -2.37. The minimum atomic E-state index is -0.260. The molecule has 1 heterocycles. The number of H-pyrrole nitrogens is 1. The van der Waals surface area contributed by atoms with Crippen molar-refractivity contribution in [1.82, 2.24) is 9.99 Å². The third-order valence-corrected chi connectivity index (χ3v) is 1.99. The number of hydrogen-bond acceptors (Lipinski definition) is 3. The number of aromatic amines is 1. The van der Waals surface area contributed by atoms with E-state index in [1.165, 1.54) is 0 Å². The fourth-order valence-corrected chi connectivity index (χ4v) is 1.11. The number of carbonyl (C=O) groups excluding carboxylic acids is 1. The Morgan fingerprint density at radius 1 is 1.77 bits per heavy atom. The fraction of sp³-hybridized carbons (Fsp3) is 0.250. The Hall–Kier alpha value is -1.20. The number of nitrogens with zero attached hydrogens (tertiary/aromatic N) is 1. The van der Waals surface area contributed by atoms with E-state index in [4.69, 9.17) is 18.1 Å². The number of rotatable bonds is 2. The first kappa shape index (κ1) is 9.88. The molecule has 0 aliphatic heterocycles. The molecule has 0 unspecified atom stereocenters. The first-order valence-electron chi connectivity index (χ1n) is 3.91. The van der Waals surface area contributed by atoms with E-state index in [0.717, 1.165) is 5.01 Å². The lowest BCUT2D eigenvalue weighted by Gasteiger charge is -2.13. The number of aromatic nitrogens is 1. The summed E-state index contributed by atoms with van der Waals surface area (Å²) in [6.07, 6.45) is 1.67. The Labute approximate surface area is 81.3 Å². The molecule has 1 amide bonds. The maximum atomic E-state index is 11.5. The second kappa shape index (κ2) is 4.15. The standard InChI is InChI=1S/C8H11N3OS/c1-2-11(9)8(12)6-4-3-5-10-7(6)13/h3-5H,2,9H2,1H3,(H,10,13). The third-order valence-electron chi connectivity index (χ3n) is 1.65. The van der Waals surface area contributed by atoms with E-state index in [-0.39, 0.29) is 5.91 Å². The number of hydrogen-bond donors (Lipinski definition) is 2. The van der Waals surface area contributed by atoms with Crippen molar-refractivity contribution < 1.29 is 4.79 Å². The Bertz CT molecular complexity index is 360. The maximum Gasteiger partial charge on any atom is 0.270 e. The zero-order chi connectivity index (χ0) is 9.84. The number of nitrogens with two attached hydrogens (primary N) is 1. The van der Waals surface area contributed by atoms with Gasteiger partial charge in [-0.3, -0.25) is 9.80 Å². The van der Waals surface area contributed by atoms with E-state index in [1.807, 2.05) is 0 Å². The first-order chi connectivity index (χ1) is 6.16. The summed E-state index contributed by atoms with van der Waals surface area (Å²) in [6.45, 7) is 2.26. The summed E-state index contributed by atoms with van der Waals surface area (Å²) in [5, 5.41) is 1.12. The maximum absolute atomic E-state index is 11.5. The summed E-state index contributed by atoms with van der Waals surface area (Å²) in [4.78, 5) is 14.3. The van der Waals surface area contributed by atoms with E-state index in [9.17, 15) is 4.79 Å². The van der Waals surface area contributed by atoms with Gasteiger partial charge < -0.3 is 4.98 Å². The van der Waals surface area contributed by atoms with Crippen molar-refractivity contribution in [3.63, 3.8) is 0 Å². The number of carbonyl (C=O) groups is 1. The predicted molar refractivity (Wildman–Crippen MR) is 52.5 cm³/mol. The average molecular weight is 197 g/mol. The van der Waals surface area contributed by atoms with Crippen LogP contribution in [0.4, 0.5) is 0 Å². The highest BCUT2D eigenvalue weighted by atomic mass is 32.1. The quantitative estimate of drug-likeness (QED) is 0.323. The molecule has 0 fully saturated rings. The Morgan fingerprint density at radius 2 is 2.46 bits per heavy atom. The van der Waals surface area contributed by atoms with Gasteiger partial charge in [0, 0.05) is 12.7 Å². The van der Waals surface area contributed by atoms with Crippen molar-refractivity contribution in [2.75, 3.05) is 6.54 Å². The van der Waals surface area contributed by atoms with Crippen LogP contribution in [0.2, 0.25) is 0 Å². The van der Waals surface area contributed by atoms with Gasteiger partial charge in [-0.15, -0.1) is 0 Å². The van der Waals surface area contributed by atoms with Crippen LogP contribution in [0.3, 0.4) is 0 Å². The second-order valence-corrected chi connectivity index (χ2v) is 2.91. The molecule has 3 N–H and O–H groups in total. The summed E-state index contributed by atoms with van der Waals surface area (Å²) < 4.78 is 0.413. The molecule has 13 heavy (non-hydrogen) atoms. The molecule has 0 saturated heterocycles. The van der Waals surface area contributed by atoms with Gasteiger partial charge in [-0.05, 0) is 19.1 Å². The zero-order valence-corrected chi connectivity index (χ0v) is 8.10. The molecular formula is C8H11N3OS. The lowest BCUT2D eigenvalue weighted by molar-refractivity contribution is 0.0763. The smallest absolute Gasteiger partial charge is 0.270 e. The number of hydrazine groups is 1. The average Bonchev–Trinajstić information content (AvgIpc) is 2.16. The predicted octanol–water partition coefficient (Wildman–Crippen LogP) is 1.08. The largest absolute Gasteiger partial charge is 0.352 e. The second-order valence-electron chi connectivity index (χ2n) is 2.50. The molecular weight excluding hydrogens is 186 g/mol. The van der Waals surface area contributed by atoms with Crippen molar-refractivity contribution in [1.29, 1.82) is 0 Å². The summed E-state index contributed by atoms with van der Waals surface area (Å²) >= 11 is 4.94. The fourth-order valence-electron chi connectivity index (χ4n) is 0.888. The van der Waals surface area contributed by atoms with E-state index in [1.54, 1.807) is 25.3 Å². The molecule has 0 aliphatic carbocycles. The van der Waals surface area contributed by atoms with E-state index in [2.05, 4.69) is 4.98 Å². The van der Waals surface area contributed by atoms with Crippen LogP contribution in [0.25, 0.3) is 0 Å². The van der Waals surface area contributed by atoms with Crippen molar-refractivity contribution in [2.45, 2.75) is 6.92 Å². The van der Waals surface area contributed by atoms with Crippen molar-refractivity contribution in [3.05, 3.63) is 28.5 Å². The Kier molecular flexibility index (Phi) is 3.16. The molecule has 0 atom stereocenters. The van der Waals surface area contributed by atoms with Crippen LogP contribution in [-0.2, 0) is 0 Å². The van der Waals surface area contributed by atoms with Crippen LogP contribution in [-0.4, -0.2) is 22.4 Å². The molecule has 0 bridgehead atoms. The van der Waals surface area contributed by atoms with Crippen LogP contribution in [0.1, 0.15) is 17.3 Å². The van der Waals surface area contributed by atoms with Gasteiger partial charge in [0.25, 0.3) is 5.91 Å². The highest BCUT2D eigenvalue weighted by Crippen LogP contribution is 2.02. The van der Waals surface area contributed by atoms with E-state index in [0.29, 0.717) is 16.7 Å². The molecule has 0 spiro atoms. The molecule has 0 radical (unpaired) electrons. The van der Waals surface area contributed by atoms with Crippen LogP contribution < -0.4 is 5.84 Å². The molecule has 1 rings (SSSR count). The van der Waals surface area contributed by atoms with Gasteiger partial charge in [-0.25, -0.2) is 5.84 Å². The van der Waals surface area contributed by atoms with Crippen LogP contribution >= 0.6 is 12.2 Å². The van der Waals surface area contributed by atoms with E-state index < -0.39 is 0 Å². The summed E-state index contributed by atoms with van der Waals surface area (Å²) in [5.41, 5.74) is 0.432. The summed E-state index contributed by atoms with van der Waals surface area (Å²) in [5.74, 6) is 5.18. The molecule has 4 nitrogen and oxygen atoms in total. The molecule has 1 aromatic rings. The van der Waals surface area contributed by atoms with Gasteiger partial charge in [0.2, 0.25) is 0 Å². The monoisotopic (exact) mass is 197 g/mol. The van der Waals surface area contributed by atoms with Gasteiger partial charge in [-0.1, -0.05) is 12.2 Å². The first-order valence-corrected chi connectivity index (χ1v) is 4.32. The molecule has 5 heteroatoms. The highest BCUT2D eigenvalue weighted by molar-refractivity contribution is 7.71. The lowest BCUT2D eigenvalue weighted by atomic mass is 10.2. The number of amides is 1. The molecule has 1 aromatic heterocycles. The van der Waals surface area contributed by atoms with Gasteiger partial charge >= 0.3 is 0 Å². The Morgan fingerprint density at radius 3 is 3.00 bits per heavy atom. The van der Waals surface area contributed by atoms with Crippen molar-refractivity contribution >= 4 is 18.1 Å². The number of nitrogens with one attached hydrogen (secondary N) is 1. The molecule has 0 aliphatic rings. The zero-order valence-electron chi connectivity index (χ0n) is 7.28.